The predicted octanol–water partition coefficient (Wildman–Crippen LogP) is 3.48. The van der Waals surface area contributed by atoms with Crippen LogP contribution in [0.25, 0.3) is 10.9 Å². The largest absolute Gasteiger partial charge is 0.511 e. The highest BCUT2D eigenvalue weighted by Gasteiger charge is 2.17. The molecule has 9 heteroatoms. The van der Waals surface area contributed by atoms with Crippen molar-refractivity contribution in [3.8, 4) is 5.75 Å². The van der Waals surface area contributed by atoms with Crippen molar-refractivity contribution in [3.05, 3.63) is 68.7 Å². The van der Waals surface area contributed by atoms with Gasteiger partial charge in [0, 0.05) is 25.7 Å². The van der Waals surface area contributed by atoms with Gasteiger partial charge in [-0.1, -0.05) is 23.7 Å². The van der Waals surface area contributed by atoms with E-state index in [1.54, 1.807) is 31.3 Å². The monoisotopic (exact) mass is 420 g/mol. The van der Waals surface area contributed by atoms with Crippen LogP contribution < -0.4 is 15.5 Å². The van der Waals surface area contributed by atoms with Gasteiger partial charge in [0.2, 0.25) is 5.43 Å². The minimum atomic E-state index is -1.62. The van der Waals surface area contributed by atoms with Crippen LogP contribution in [-0.4, -0.2) is 34.6 Å². The number of pyridine rings is 1. The van der Waals surface area contributed by atoms with E-state index >= 15 is 0 Å². The van der Waals surface area contributed by atoms with Crippen LogP contribution in [0.1, 0.15) is 11.1 Å². The second-order valence-corrected chi connectivity index (χ2v) is 6.68. The highest BCUT2D eigenvalue weighted by atomic mass is 35.5. The maximum atomic E-state index is 14.4. The highest BCUT2D eigenvalue weighted by molar-refractivity contribution is 6.30. The molecule has 0 aliphatic heterocycles. The summed E-state index contributed by atoms with van der Waals surface area (Å²) in [7, 11) is 1.69. The number of carboxylic acid groups (broad SMARTS) is 1. The Kier molecular flexibility index (Phi) is 6.05. The number of carbonyl (C=O) groups is 1. The Bertz CT molecular complexity index is 1150. The number of fused-ring (bicyclic) bond motifs is 1. The summed E-state index contributed by atoms with van der Waals surface area (Å²) in [6.07, 6.45) is -0.225. The van der Waals surface area contributed by atoms with Crippen LogP contribution >= 0.6 is 11.6 Å². The Morgan fingerprint density at radius 2 is 2.07 bits per heavy atom. The third-order valence-electron chi connectivity index (χ3n) is 4.49. The average Bonchev–Trinajstić information content (AvgIpc) is 2.68. The van der Waals surface area contributed by atoms with E-state index in [1.165, 1.54) is 16.8 Å². The fourth-order valence-corrected chi connectivity index (χ4v) is 3.38. The van der Waals surface area contributed by atoms with Crippen LogP contribution in [0.2, 0.25) is 5.02 Å². The standard InChI is InChI=1S/C20H18ClFN2O5/c1-23-15-9-16-13(8-12(15)7-11-3-2-4-14(21)18(11)22)19(26)17(29-20(27)28)10-24(16)5-6-25/h2-4,8-10,23,25H,5-7H2,1H3,(H,27,28). The first-order valence-electron chi connectivity index (χ1n) is 8.68. The summed E-state index contributed by atoms with van der Waals surface area (Å²) in [6, 6.07) is 7.93. The molecule has 0 aliphatic rings. The van der Waals surface area contributed by atoms with Gasteiger partial charge in [0.15, 0.2) is 5.75 Å². The molecule has 0 aliphatic carbocycles. The first-order valence-corrected chi connectivity index (χ1v) is 9.05. The minimum absolute atomic E-state index is 0.00302. The molecule has 1 heterocycles. The van der Waals surface area contributed by atoms with E-state index in [4.69, 9.17) is 16.7 Å². The van der Waals surface area contributed by atoms with Crippen LogP contribution in [0.4, 0.5) is 14.9 Å². The Balaban J connectivity index is 2.23. The number of hydrogen-bond donors (Lipinski definition) is 3. The van der Waals surface area contributed by atoms with Gasteiger partial charge in [0.05, 0.1) is 28.7 Å². The molecule has 0 saturated heterocycles. The number of halogens is 2. The van der Waals surface area contributed by atoms with Crippen LogP contribution in [0.5, 0.6) is 5.75 Å². The van der Waals surface area contributed by atoms with Gasteiger partial charge in [0.25, 0.3) is 0 Å². The first-order chi connectivity index (χ1) is 13.8. The molecule has 0 bridgehead atoms. The lowest BCUT2D eigenvalue weighted by molar-refractivity contribution is 0.143. The van der Waals surface area contributed by atoms with Crippen molar-refractivity contribution in [1.29, 1.82) is 0 Å². The molecule has 3 N–H and O–H groups in total. The van der Waals surface area contributed by atoms with E-state index < -0.39 is 17.4 Å². The van der Waals surface area contributed by atoms with E-state index in [2.05, 4.69) is 10.1 Å². The fraction of sp³-hybridized carbons (Fsp3) is 0.200. The minimum Gasteiger partial charge on any atom is -0.449 e. The molecule has 1 aromatic heterocycles. The molecular formula is C20H18ClFN2O5. The zero-order valence-electron chi connectivity index (χ0n) is 15.4. The molecule has 2 aromatic carbocycles. The summed E-state index contributed by atoms with van der Waals surface area (Å²) in [4.78, 5) is 23.7. The zero-order chi connectivity index (χ0) is 21.1. The van der Waals surface area contributed by atoms with Crippen molar-refractivity contribution in [2.24, 2.45) is 0 Å². The predicted molar refractivity (Wildman–Crippen MR) is 108 cm³/mol. The average molecular weight is 421 g/mol. The number of aliphatic hydroxyl groups is 1. The van der Waals surface area contributed by atoms with E-state index in [9.17, 15) is 19.1 Å². The van der Waals surface area contributed by atoms with Crippen LogP contribution in [-0.2, 0) is 13.0 Å². The first kappa shape index (κ1) is 20.6. The maximum absolute atomic E-state index is 14.4. The van der Waals surface area contributed by atoms with Crippen molar-refractivity contribution in [2.75, 3.05) is 19.0 Å². The molecule has 152 valence electrons. The molecule has 0 atom stereocenters. The van der Waals surface area contributed by atoms with E-state index in [-0.39, 0.29) is 35.7 Å². The molecule has 0 radical (unpaired) electrons. The summed E-state index contributed by atoms with van der Waals surface area (Å²) in [5.74, 6) is -0.924. The fourth-order valence-electron chi connectivity index (χ4n) is 3.18. The number of hydrogen-bond acceptors (Lipinski definition) is 5. The summed E-state index contributed by atoms with van der Waals surface area (Å²) >= 11 is 5.86. The normalized spacial score (nSPS) is 10.9. The van der Waals surface area contributed by atoms with Gasteiger partial charge in [-0.15, -0.1) is 0 Å². The van der Waals surface area contributed by atoms with Crippen molar-refractivity contribution < 1.29 is 24.1 Å². The van der Waals surface area contributed by atoms with Gasteiger partial charge in [-0.25, -0.2) is 9.18 Å². The van der Waals surface area contributed by atoms with Crippen molar-refractivity contribution >= 4 is 34.3 Å². The summed E-state index contributed by atoms with van der Waals surface area (Å²) in [5, 5.41) is 21.4. The lowest BCUT2D eigenvalue weighted by Gasteiger charge is -2.16. The zero-order valence-corrected chi connectivity index (χ0v) is 16.2. The summed E-state index contributed by atoms with van der Waals surface area (Å²) < 4.78 is 20.5. The molecule has 3 rings (SSSR count). The van der Waals surface area contributed by atoms with Crippen molar-refractivity contribution in [3.63, 3.8) is 0 Å². The lowest BCUT2D eigenvalue weighted by atomic mass is 10.00. The molecule has 7 nitrogen and oxygen atoms in total. The summed E-state index contributed by atoms with van der Waals surface area (Å²) in [6.45, 7) is -0.104. The third kappa shape index (κ3) is 4.18. The molecule has 3 aromatic rings. The SMILES string of the molecule is CNc1cc2c(cc1Cc1cccc(Cl)c1F)c(=O)c(OC(=O)O)cn2CCO. The van der Waals surface area contributed by atoms with Gasteiger partial charge in [0.1, 0.15) is 5.82 Å². The molecule has 0 unspecified atom stereocenters. The Labute approximate surface area is 169 Å². The number of rotatable bonds is 6. The van der Waals surface area contributed by atoms with Crippen molar-refractivity contribution in [1.82, 2.24) is 4.57 Å². The Morgan fingerprint density at radius 1 is 1.31 bits per heavy atom. The van der Waals surface area contributed by atoms with Crippen LogP contribution in [0.15, 0.2) is 41.3 Å². The third-order valence-corrected chi connectivity index (χ3v) is 4.78. The van der Waals surface area contributed by atoms with Gasteiger partial charge in [-0.05, 0) is 29.3 Å². The molecule has 0 saturated carbocycles. The quantitative estimate of drug-likeness (QED) is 0.528. The number of ether oxygens (including phenoxy) is 1. The lowest BCUT2D eigenvalue weighted by Crippen LogP contribution is -2.17. The number of aromatic nitrogens is 1. The van der Waals surface area contributed by atoms with Crippen molar-refractivity contribution in [2.45, 2.75) is 13.0 Å². The van der Waals surface area contributed by atoms with E-state index in [0.29, 0.717) is 22.3 Å². The van der Waals surface area contributed by atoms with Gasteiger partial charge >= 0.3 is 6.16 Å². The molecular weight excluding hydrogens is 403 g/mol. The smallest absolute Gasteiger partial charge is 0.449 e. The Morgan fingerprint density at radius 3 is 2.72 bits per heavy atom. The maximum Gasteiger partial charge on any atom is 0.511 e. The Hall–Kier alpha value is -3.10. The van der Waals surface area contributed by atoms with E-state index in [1.807, 2.05) is 0 Å². The van der Waals surface area contributed by atoms with E-state index in [0.717, 1.165) is 0 Å². The van der Waals surface area contributed by atoms with Crippen LogP contribution in [0.3, 0.4) is 0 Å². The summed E-state index contributed by atoms with van der Waals surface area (Å²) in [5.41, 5.74) is 1.46. The van der Waals surface area contributed by atoms with Gasteiger partial charge in [-0.3, -0.25) is 4.79 Å². The number of aliphatic hydroxyl groups excluding tert-OH is 1. The number of anilines is 1. The highest BCUT2D eigenvalue weighted by Crippen LogP contribution is 2.28. The number of nitrogens with zero attached hydrogens (tertiary/aromatic N) is 1. The van der Waals surface area contributed by atoms with Gasteiger partial charge < -0.3 is 24.8 Å². The number of benzene rings is 2. The second kappa shape index (κ2) is 8.50. The second-order valence-electron chi connectivity index (χ2n) is 6.27. The molecule has 0 fully saturated rings. The topological polar surface area (TPSA) is 101 Å². The van der Waals surface area contributed by atoms with Gasteiger partial charge in [-0.2, -0.15) is 0 Å². The molecule has 0 spiro atoms. The molecule has 0 amide bonds. The van der Waals surface area contributed by atoms with Crippen LogP contribution in [0, 0.1) is 5.82 Å². The number of nitrogens with one attached hydrogen (secondary N) is 1. The molecule has 29 heavy (non-hydrogen) atoms.